The van der Waals surface area contributed by atoms with Crippen molar-refractivity contribution in [2.75, 3.05) is 11.9 Å². The number of nitrogens with zero attached hydrogens (tertiary/aromatic N) is 4. The van der Waals surface area contributed by atoms with Crippen molar-refractivity contribution >= 4 is 29.0 Å². The van der Waals surface area contributed by atoms with Crippen LogP contribution >= 0.6 is 0 Å². The second kappa shape index (κ2) is 9.33. The summed E-state index contributed by atoms with van der Waals surface area (Å²) in [6.07, 6.45) is 0.337. The molecule has 3 N–H and O–H groups in total. The highest BCUT2D eigenvalue weighted by molar-refractivity contribution is 5.95. The van der Waals surface area contributed by atoms with Gasteiger partial charge in [0, 0.05) is 18.5 Å². The summed E-state index contributed by atoms with van der Waals surface area (Å²) in [5.41, 5.74) is 1.69. The number of amides is 2. The Bertz CT molecular complexity index is 1190. The number of carbonyl (C=O) groups excluding carboxylic acids is 1. The van der Waals surface area contributed by atoms with E-state index in [-0.39, 0.29) is 18.7 Å². The Morgan fingerprint density at radius 3 is 2.65 bits per heavy atom. The van der Waals surface area contributed by atoms with E-state index in [1.807, 2.05) is 37.3 Å². The number of hydrogen-bond donors (Lipinski definition) is 3. The summed E-state index contributed by atoms with van der Waals surface area (Å²) in [5.74, 6) is -0.651. The van der Waals surface area contributed by atoms with Crippen LogP contribution in [-0.4, -0.2) is 61.5 Å². The number of carboxylic acid groups (broad SMARTS) is 1. The second-order valence-corrected chi connectivity index (χ2v) is 7.97. The van der Waals surface area contributed by atoms with Gasteiger partial charge in [-0.25, -0.2) is 19.7 Å². The van der Waals surface area contributed by atoms with Crippen LogP contribution in [0.25, 0.3) is 11.2 Å². The first-order chi connectivity index (χ1) is 16.5. The molecule has 0 saturated carbocycles. The van der Waals surface area contributed by atoms with E-state index < -0.39 is 42.8 Å². The van der Waals surface area contributed by atoms with Gasteiger partial charge in [-0.2, -0.15) is 0 Å². The Labute approximate surface area is 194 Å². The van der Waals surface area contributed by atoms with Crippen molar-refractivity contribution in [3.63, 3.8) is 0 Å². The van der Waals surface area contributed by atoms with Gasteiger partial charge in [0.05, 0.1) is 12.4 Å². The predicted molar refractivity (Wildman–Crippen MR) is 118 cm³/mol. The Hall–Kier alpha value is -3.61. The van der Waals surface area contributed by atoms with Crippen LogP contribution in [-0.2, 0) is 19.0 Å². The highest BCUT2D eigenvalue weighted by atomic mass is 16.8. The molecule has 2 amide bonds. The van der Waals surface area contributed by atoms with Crippen molar-refractivity contribution < 1.29 is 28.9 Å². The molecule has 2 fully saturated rings. The minimum Gasteiger partial charge on any atom is -0.481 e. The molecule has 0 radical (unpaired) electrons. The van der Waals surface area contributed by atoms with E-state index in [9.17, 15) is 14.7 Å². The fourth-order valence-corrected chi connectivity index (χ4v) is 4.27. The van der Waals surface area contributed by atoms with Crippen molar-refractivity contribution in [3.05, 3.63) is 48.5 Å². The molecule has 2 aromatic heterocycles. The largest absolute Gasteiger partial charge is 0.481 e. The number of imidazole rings is 1. The number of ether oxygens (including phenoxy) is 3. The first-order valence-electron chi connectivity index (χ1n) is 11.0. The minimum atomic E-state index is -0.913. The van der Waals surface area contributed by atoms with Gasteiger partial charge in [-0.3, -0.25) is 14.7 Å². The zero-order valence-corrected chi connectivity index (χ0v) is 18.3. The Morgan fingerprint density at radius 2 is 1.88 bits per heavy atom. The van der Waals surface area contributed by atoms with E-state index in [4.69, 9.17) is 14.2 Å². The molecule has 2 aliphatic rings. The van der Waals surface area contributed by atoms with E-state index in [1.54, 1.807) is 10.9 Å². The molecule has 34 heavy (non-hydrogen) atoms. The molecule has 3 aromatic rings. The number of urea groups is 1. The number of hydrogen-bond acceptors (Lipinski definition) is 8. The molecular weight excluding hydrogens is 444 g/mol. The SMILES string of the molecule is CCNC(=O)Nc1ncnc2c1ncn2C1O[C@@H](CCC(=O)O)C2O[C@H](c3ccccc3)O[C@@H]21. The standard InChI is InChI=1S/C22H24N6O6/c1-2-23-22(31)27-18-15-19(25-10-24-18)28(11-26-15)20-17-16(13(32-20)8-9-14(29)30)33-21(34-17)12-6-4-3-5-7-12/h3-7,10-11,13,16-17,20-21H,2,8-9H2,1H3,(H,29,30)(H2,23,24,25,27,31)/t13-,16?,17-,20?,21-/m0/s1. The lowest BCUT2D eigenvalue weighted by Gasteiger charge is -2.21. The summed E-state index contributed by atoms with van der Waals surface area (Å²) in [6, 6.07) is 9.12. The average Bonchev–Trinajstić information content (AvgIpc) is 3.53. The van der Waals surface area contributed by atoms with Crippen LogP contribution in [0.1, 0.15) is 37.8 Å². The molecule has 178 valence electrons. The lowest BCUT2D eigenvalue weighted by Crippen LogP contribution is -2.29. The van der Waals surface area contributed by atoms with E-state index in [1.165, 1.54) is 6.33 Å². The molecule has 0 bridgehead atoms. The summed E-state index contributed by atoms with van der Waals surface area (Å²) >= 11 is 0. The van der Waals surface area contributed by atoms with E-state index in [2.05, 4.69) is 25.6 Å². The third-order valence-corrected chi connectivity index (χ3v) is 5.76. The molecule has 5 atom stereocenters. The molecule has 12 heteroatoms. The number of anilines is 1. The third kappa shape index (κ3) is 4.18. The van der Waals surface area contributed by atoms with Crippen LogP contribution in [0.2, 0.25) is 0 Å². The van der Waals surface area contributed by atoms with Crippen molar-refractivity contribution in [2.24, 2.45) is 0 Å². The van der Waals surface area contributed by atoms with Gasteiger partial charge in [0.15, 0.2) is 29.5 Å². The van der Waals surface area contributed by atoms with Gasteiger partial charge in [0.2, 0.25) is 0 Å². The van der Waals surface area contributed by atoms with Crippen molar-refractivity contribution in [2.45, 2.75) is 50.6 Å². The number of aliphatic carboxylic acids is 1. The van der Waals surface area contributed by atoms with Gasteiger partial charge in [0.25, 0.3) is 0 Å². The molecule has 2 aliphatic heterocycles. The van der Waals surface area contributed by atoms with Gasteiger partial charge >= 0.3 is 12.0 Å². The number of rotatable bonds is 7. The number of aromatic nitrogens is 4. The molecule has 2 unspecified atom stereocenters. The monoisotopic (exact) mass is 468 g/mol. The van der Waals surface area contributed by atoms with Crippen LogP contribution in [0.5, 0.6) is 0 Å². The quantitative estimate of drug-likeness (QED) is 0.474. The van der Waals surface area contributed by atoms with Gasteiger partial charge < -0.3 is 24.6 Å². The maximum absolute atomic E-state index is 12.0. The molecular formula is C22H24N6O6. The predicted octanol–water partition coefficient (Wildman–Crippen LogP) is 2.21. The molecule has 12 nitrogen and oxygen atoms in total. The summed E-state index contributed by atoms with van der Waals surface area (Å²) in [6.45, 7) is 2.27. The van der Waals surface area contributed by atoms with Crippen molar-refractivity contribution in [3.8, 4) is 0 Å². The summed E-state index contributed by atoms with van der Waals surface area (Å²) in [7, 11) is 0. The van der Waals surface area contributed by atoms with Gasteiger partial charge in [-0.15, -0.1) is 0 Å². The lowest BCUT2D eigenvalue weighted by molar-refractivity contribution is -0.151. The molecule has 2 saturated heterocycles. The van der Waals surface area contributed by atoms with E-state index in [0.29, 0.717) is 17.7 Å². The number of carboxylic acids is 1. The highest BCUT2D eigenvalue weighted by Gasteiger charge is 2.53. The zero-order chi connectivity index (χ0) is 23.7. The molecule has 1 aromatic carbocycles. The summed E-state index contributed by atoms with van der Waals surface area (Å²) in [4.78, 5) is 36.0. The Kier molecular flexibility index (Phi) is 6.09. The fourth-order valence-electron chi connectivity index (χ4n) is 4.27. The first kappa shape index (κ1) is 22.2. The maximum Gasteiger partial charge on any atom is 0.320 e. The van der Waals surface area contributed by atoms with Gasteiger partial charge in [0.1, 0.15) is 18.5 Å². The van der Waals surface area contributed by atoms with Gasteiger partial charge in [-0.1, -0.05) is 30.3 Å². The van der Waals surface area contributed by atoms with Crippen LogP contribution in [0.3, 0.4) is 0 Å². The number of benzene rings is 1. The number of carbonyl (C=O) groups is 2. The summed E-state index contributed by atoms with van der Waals surface area (Å²) in [5, 5.41) is 14.5. The van der Waals surface area contributed by atoms with E-state index >= 15 is 0 Å². The van der Waals surface area contributed by atoms with Crippen LogP contribution < -0.4 is 10.6 Å². The van der Waals surface area contributed by atoms with Crippen molar-refractivity contribution in [1.29, 1.82) is 0 Å². The maximum atomic E-state index is 12.0. The zero-order valence-electron chi connectivity index (χ0n) is 18.3. The highest BCUT2D eigenvalue weighted by Crippen LogP contribution is 2.45. The average molecular weight is 468 g/mol. The van der Waals surface area contributed by atoms with Crippen molar-refractivity contribution in [1.82, 2.24) is 24.8 Å². The molecule has 5 rings (SSSR count). The number of nitrogens with one attached hydrogen (secondary N) is 2. The molecule has 0 spiro atoms. The fraction of sp³-hybridized carbons (Fsp3) is 0.409. The second-order valence-electron chi connectivity index (χ2n) is 7.97. The van der Waals surface area contributed by atoms with Crippen LogP contribution in [0.15, 0.2) is 43.0 Å². The lowest BCUT2D eigenvalue weighted by atomic mass is 10.1. The Morgan fingerprint density at radius 1 is 1.09 bits per heavy atom. The topological polar surface area (TPSA) is 150 Å². The molecule has 4 heterocycles. The normalized spacial score (nSPS) is 25.9. The van der Waals surface area contributed by atoms with E-state index in [0.717, 1.165) is 5.56 Å². The van der Waals surface area contributed by atoms with Crippen LogP contribution in [0.4, 0.5) is 10.6 Å². The smallest absolute Gasteiger partial charge is 0.320 e. The third-order valence-electron chi connectivity index (χ3n) is 5.76. The summed E-state index contributed by atoms with van der Waals surface area (Å²) < 4.78 is 20.4. The van der Waals surface area contributed by atoms with Crippen LogP contribution in [0, 0.1) is 0 Å². The number of fused-ring (bicyclic) bond motifs is 2. The molecule has 0 aliphatic carbocycles. The minimum absolute atomic E-state index is 0.0621. The first-order valence-corrected chi connectivity index (χ1v) is 11.0. The Balaban J connectivity index is 1.45. The van der Waals surface area contributed by atoms with Gasteiger partial charge in [-0.05, 0) is 13.3 Å².